The molecular weight excluding hydrogens is 403 g/mol. The predicted octanol–water partition coefficient (Wildman–Crippen LogP) is 2.60. The molecule has 0 spiro atoms. The summed E-state index contributed by atoms with van der Waals surface area (Å²) in [6.45, 7) is 6.81. The Kier molecular flexibility index (Phi) is 11.2. The summed E-state index contributed by atoms with van der Waals surface area (Å²) in [5.41, 5.74) is 0. The van der Waals surface area contributed by atoms with Gasteiger partial charge in [-0.25, -0.2) is 0 Å². The molecule has 2 saturated carbocycles. The zero-order valence-electron chi connectivity index (χ0n) is 14.9. The molecule has 0 aliphatic heterocycles. The van der Waals surface area contributed by atoms with E-state index >= 15 is 0 Å². The Morgan fingerprint density at radius 1 is 1.13 bits per heavy atom. The predicted molar refractivity (Wildman–Crippen MR) is 108 cm³/mol. The number of ether oxygens (including phenoxy) is 1. The summed E-state index contributed by atoms with van der Waals surface area (Å²) in [6, 6.07) is 1.39. The van der Waals surface area contributed by atoms with Crippen LogP contribution in [0, 0.1) is 0 Å². The van der Waals surface area contributed by atoms with E-state index in [1.54, 1.807) is 7.11 Å². The van der Waals surface area contributed by atoms with Crippen molar-refractivity contribution in [3.05, 3.63) is 0 Å². The molecule has 0 radical (unpaired) electrons. The summed E-state index contributed by atoms with van der Waals surface area (Å²) >= 11 is 0. The normalized spacial score (nSPS) is 19.5. The zero-order chi connectivity index (χ0) is 15.6. The molecular formula is C17H35IN4O. The lowest BCUT2D eigenvalue weighted by molar-refractivity contribution is 0.145. The van der Waals surface area contributed by atoms with Crippen LogP contribution in [0.1, 0.15) is 51.9 Å². The molecule has 136 valence electrons. The van der Waals surface area contributed by atoms with Gasteiger partial charge in [-0.15, -0.1) is 24.0 Å². The fourth-order valence-corrected chi connectivity index (χ4v) is 3.18. The van der Waals surface area contributed by atoms with Gasteiger partial charge in [0, 0.05) is 38.8 Å². The molecule has 0 amide bonds. The monoisotopic (exact) mass is 438 g/mol. The van der Waals surface area contributed by atoms with Crippen LogP contribution in [0.15, 0.2) is 4.99 Å². The Hall–Kier alpha value is -0.0800. The van der Waals surface area contributed by atoms with Gasteiger partial charge in [0.2, 0.25) is 0 Å². The van der Waals surface area contributed by atoms with E-state index in [9.17, 15) is 0 Å². The molecule has 5 nitrogen and oxygen atoms in total. The topological polar surface area (TPSA) is 48.9 Å². The third-order valence-electron chi connectivity index (χ3n) is 4.59. The lowest BCUT2D eigenvalue weighted by Gasteiger charge is -2.25. The van der Waals surface area contributed by atoms with Crippen LogP contribution in [0.2, 0.25) is 0 Å². The summed E-state index contributed by atoms with van der Waals surface area (Å²) in [7, 11) is 1.78. The van der Waals surface area contributed by atoms with Crippen LogP contribution in [0.4, 0.5) is 0 Å². The van der Waals surface area contributed by atoms with Crippen LogP contribution in [-0.4, -0.2) is 62.8 Å². The zero-order valence-corrected chi connectivity index (χ0v) is 17.2. The molecule has 0 bridgehead atoms. The van der Waals surface area contributed by atoms with Crippen LogP contribution in [-0.2, 0) is 4.74 Å². The standard InChI is InChI=1S/C17H34N4O.HI/c1-3-18-17(20-15-7-5-4-6-8-15)19-11-12-21(13-14-22-2)16-9-10-16;/h15-16H,3-14H2,1-2H3,(H2,18,19,20);1H. The first-order valence-corrected chi connectivity index (χ1v) is 9.11. The molecule has 2 fully saturated rings. The molecule has 23 heavy (non-hydrogen) atoms. The van der Waals surface area contributed by atoms with Crippen molar-refractivity contribution >= 4 is 29.9 Å². The smallest absolute Gasteiger partial charge is 0.191 e. The molecule has 0 unspecified atom stereocenters. The van der Waals surface area contributed by atoms with Crippen molar-refractivity contribution in [1.82, 2.24) is 15.5 Å². The molecule has 0 saturated heterocycles. The van der Waals surface area contributed by atoms with Crippen molar-refractivity contribution in [2.75, 3.05) is 39.9 Å². The lowest BCUT2D eigenvalue weighted by atomic mass is 9.96. The van der Waals surface area contributed by atoms with E-state index in [1.165, 1.54) is 44.9 Å². The number of guanidine groups is 1. The van der Waals surface area contributed by atoms with E-state index in [0.29, 0.717) is 6.04 Å². The highest BCUT2D eigenvalue weighted by Gasteiger charge is 2.28. The van der Waals surface area contributed by atoms with Crippen molar-refractivity contribution in [1.29, 1.82) is 0 Å². The number of halogens is 1. The summed E-state index contributed by atoms with van der Waals surface area (Å²) in [6.07, 6.45) is 9.34. The average molecular weight is 438 g/mol. The van der Waals surface area contributed by atoms with Crippen molar-refractivity contribution in [3.63, 3.8) is 0 Å². The van der Waals surface area contributed by atoms with Crippen molar-refractivity contribution in [2.45, 2.75) is 64.0 Å². The first kappa shape index (κ1) is 21.0. The summed E-state index contributed by atoms with van der Waals surface area (Å²) in [5, 5.41) is 7.00. The quantitative estimate of drug-likeness (QED) is 0.330. The highest BCUT2D eigenvalue weighted by molar-refractivity contribution is 14.0. The second-order valence-electron chi connectivity index (χ2n) is 6.50. The van der Waals surface area contributed by atoms with Crippen molar-refractivity contribution in [2.24, 2.45) is 4.99 Å². The fraction of sp³-hybridized carbons (Fsp3) is 0.941. The summed E-state index contributed by atoms with van der Waals surface area (Å²) in [4.78, 5) is 7.30. The molecule has 0 aromatic rings. The highest BCUT2D eigenvalue weighted by atomic mass is 127. The number of hydrogen-bond acceptors (Lipinski definition) is 3. The van der Waals surface area contributed by atoms with Crippen LogP contribution in [0.3, 0.4) is 0 Å². The molecule has 2 aliphatic carbocycles. The van der Waals surface area contributed by atoms with Gasteiger partial charge in [-0.05, 0) is 32.6 Å². The Balaban J connectivity index is 0.00000264. The lowest BCUT2D eigenvalue weighted by Crippen LogP contribution is -2.44. The first-order chi connectivity index (χ1) is 10.8. The molecule has 0 heterocycles. The van der Waals surface area contributed by atoms with Crippen LogP contribution < -0.4 is 10.6 Å². The van der Waals surface area contributed by atoms with Gasteiger partial charge in [0.05, 0.1) is 13.2 Å². The molecule has 0 aromatic heterocycles. The Bertz CT molecular complexity index is 331. The van der Waals surface area contributed by atoms with E-state index in [2.05, 4.69) is 22.5 Å². The first-order valence-electron chi connectivity index (χ1n) is 9.11. The number of methoxy groups -OCH3 is 1. The largest absolute Gasteiger partial charge is 0.383 e. The fourth-order valence-electron chi connectivity index (χ4n) is 3.18. The van der Waals surface area contributed by atoms with Crippen molar-refractivity contribution < 1.29 is 4.74 Å². The van der Waals surface area contributed by atoms with Gasteiger partial charge in [-0.3, -0.25) is 9.89 Å². The Morgan fingerprint density at radius 3 is 2.48 bits per heavy atom. The minimum absolute atomic E-state index is 0. The molecule has 2 aliphatic rings. The van der Waals surface area contributed by atoms with Gasteiger partial charge in [0.1, 0.15) is 0 Å². The Labute approximate surface area is 159 Å². The van der Waals surface area contributed by atoms with Gasteiger partial charge in [-0.1, -0.05) is 19.3 Å². The second kappa shape index (κ2) is 12.3. The number of hydrogen-bond donors (Lipinski definition) is 2. The van der Waals surface area contributed by atoms with Crippen molar-refractivity contribution in [3.8, 4) is 0 Å². The third kappa shape index (κ3) is 8.54. The molecule has 2 N–H and O–H groups in total. The summed E-state index contributed by atoms with van der Waals surface area (Å²) in [5.74, 6) is 0.997. The number of nitrogens with one attached hydrogen (secondary N) is 2. The maximum atomic E-state index is 5.21. The number of nitrogens with zero attached hydrogens (tertiary/aromatic N) is 2. The van der Waals surface area contributed by atoms with Gasteiger partial charge in [0.15, 0.2) is 5.96 Å². The van der Waals surface area contributed by atoms with E-state index in [-0.39, 0.29) is 24.0 Å². The number of rotatable bonds is 9. The minimum atomic E-state index is 0. The van der Waals surface area contributed by atoms with E-state index in [0.717, 1.165) is 44.8 Å². The van der Waals surface area contributed by atoms with Crippen LogP contribution in [0.5, 0.6) is 0 Å². The molecule has 0 aromatic carbocycles. The third-order valence-corrected chi connectivity index (χ3v) is 4.59. The maximum Gasteiger partial charge on any atom is 0.191 e. The van der Waals surface area contributed by atoms with E-state index < -0.39 is 0 Å². The SMILES string of the molecule is CCNC(=NCCN(CCOC)C1CC1)NC1CCCCC1.I. The van der Waals surface area contributed by atoms with Gasteiger partial charge in [0.25, 0.3) is 0 Å². The molecule has 0 atom stereocenters. The number of aliphatic imine (C=N–C) groups is 1. The highest BCUT2D eigenvalue weighted by Crippen LogP contribution is 2.26. The average Bonchev–Trinajstić information content (AvgIpc) is 3.36. The van der Waals surface area contributed by atoms with E-state index in [4.69, 9.17) is 9.73 Å². The minimum Gasteiger partial charge on any atom is -0.383 e. The van der Waals surface area contributed by atoms with Gasteiger partial charge < -0.3 is 15.4 Å². The van der Waals surface area contributed by atoms with E-state index in [1.807, 2.05) is 0 Å². The molecule has 6 heteroatoms. The molecule has 2 rings (SSSR count). The second-order valence-corrected chi connectivity index (χ2v) is 6.50. The van der Waals surface area contributed by atoms with Crippen LogP contribution >= 0.6 is 24.0 Å². The van der Waals surface area contributed by atoms with Gasteiger partial charge in [-0.2, -0.15) is 0 Å². The summed E-state index contributed by atoms with van der Waals surface area (Å²) < 4.78 is 5.21. The maximum absolute atomic E-state index is 5.21. The van der Waals surface area contributed by atoms with Gasteiger partial charge >= 0.3 is 0 Å². The Morgan fingerprint density at radius 2 is 1.87 bits per heavy atom. The van der Waals surface area contributed by atoms with Crippen LogP contribution in [0.25, 0.3) is 0 Å².